The molecule has 0 amide bonds. The number of benzene rings is 4. The molecule has 0 aromatic heterocycles. The van der Waals surface area contributed by atoms with Crippen molar-refractivity contribution in [2.24, 2.45) is 5.84 Å². The highest BCUT2D eigenvalue weighted by Gasteiger charge is 2.52. The molecule has 0 bridgehead atoms. The summed E-state index contributed by atoms with van der Waals surface area (Å²) in [7, 11) is 1.93. The van der Waals surface area contributed by atoms with Gasteiger partial charge in [-0.2, -0.15) is 0 Å². The van der Waals surface area contributed by atoms with Gasteiger partial charge in [0.2, 0.25) is 0 Å². The molecule has 0 heterocycles. The van der Waals surface area contributed by atoms with Gasteiger partial charge in [0.1, 0.15) is 0 Å². The molecule has 2 nitrogen and oxygen atoms in total. The zero-order valence-corrected chi connectivity index (χ0v) is 16.6. The highest BCUT2D eigenvalue weighted by molar-refractivity contribution is 5.97. The number of hydrogen-bond donors (Lipinski definition) is 1. The monoisotopic (exact) mass is 374 g/mol. The quantitative estimate of drug-likeness (QED) is 0.298. The molecule has 4 aromatic carbocycles. The topological polar surface area (TPSA) is 29.3 Å². The van der Waals surface area contributed by atoms with Crippen molar-refractivity contribution in [3.63, 3.8) is 0 Å². The zero-order chi connectivity index (χ0) is 19.8. The van der Waals surface area contributed by atoms with Crippen LogP contribution in [0.1, 0.15) is 27.8 Å². The van der Waals surface area contributed by atoms with Crippen LogP contribution < -0.4 is 10.9 Å². The fourth-order valence-corrected chi connectivity index (χ4v) is 5.59. The molecule has 2 aliphatic rings. The molecular weight excluding hydrogens is 352 g/mol. The average Bonchev–Trinajstić information content (AvgIpc) is 3.20. The van der Waals surface area contributed by atoms with E-state index in [1.165, 1.54) is 50.1 Å². The molecule has 0 radical (unpaired) electrons. The molecule has 0 unspecified atom stereocenters. The van der Waals surface area contributed by atoms with Crippen molar-refractivity contribution < 1.29 is 0 Å². The third-order valence-corrected chi connectivity index (χ3v) is 6.62. The number of hydrogen-bond acceptors (Lipinski definition) is 2. The predicted octanol–water partition coefficient (Wildman–Crippen LogP) is 5.65. The molecule has 1 spiro atoms. The van der Waals surface area contributed by atoms with Crippen LogP contribution in [0, 0.1) is 6.92 Å². The molecule has 140 valence electrons. The lowest BCUT2D eigenvalue weighted by Crippen LogP contribution is -2.32. The van der Waals surface area contributed by atoms with Crippen molar-refractivity contribution >= 4 is 5.69 Å². The first kappa shape index (κ1) is 16.6. The Morgan fingerprint density at radius 2 is 1.24 bits per heavy atom. The molecule has 0 atom stereocenters. The third-order valence-electron chi connectivity index (χ3n) is 6.62. The molecule has 2 aliphatic carbocycles. The van der Waals surface area contributed by atoms with E-state index in [4.69, 9.17) is 5.84 Å². The maximum Gasteiger partial charge on any atom is 0.0746 e. The Morgan fingerprint density at radius 1 is 0.655 bits per heavy atom. The van der Waals surface area contributed by atoms with Crippen LogP contribution in [0.25, 0.3) is 22.3 Å². The molecule has 0 saturated carbocycles. The summed E-state index contributed by atoms with van der Waals surface area (Å²) in [5, 5.41) is 1.77. The fraction of sp³-hybridized carbons (Fsp3) is 0.111. The Balaban J connectivity index is 1.89. The summed E-state index contributed by atoms with van der Waals surface area (Å²) in [4.78, 5) is 0. The van der Waals surface area contributed by atoms with E-state index in [1.807, 2.05) is 7.05 Å². The first-order chi connectivity index (χ1) is 14.1. The van der Waals surface area contributed by atoms with Crippen LogP contribution in [0.2, 0.25) is 0 Å². The van der Waals surface area contributed by atoms with Gasteiger partial charge in [-0.25, -0.2) is 5.84 Å². The van der Waals surface area contributed by atoms with E-state index >= 15 is 0 Å². The number of aryl methyl sites for hydroxylation is 1. The number of nitrogens with two attached hydrogens (primary N) is 1. The summed E-state index contributed by atoms with van der Waals surface area (Å²) >= 11 is 0. The van der Waals surface area contributed by atoms with Crippen LogP contribution >= 0.6 is 0 Å². The highest BCUT2D eigenvalue weighted by Crippen LogP contribution is 2.64. The minimum absolute atomic E-state index is 0.339. The minimum atomic E-state index is -0.339. The van der Waals surface area contributed by atoms with Crippen molar-refractivity contribution in [1.29, 1.82) is 0 Å². The largest absolute Gasteiger partial charge is 0.314 e. The van der Waals surface area contributed by atoms with E-state index in [9.17, 15) is 0 Å². The van der Waals surface area contributed by atoms with Gasteiger partial charge in [0, 0.05) is 12.6 Å². The number of hydrazine groups is 1. The lowest BCUT2D eigenvalue weighted by molar-refractivity contribution is 0.785. The molecular formula is C27H22N2. The van der Waals surface area contributed by atoms with Gasteiger partial charge in [0.05, 0.1) is 11.1 Å². The van der Waals surface area contributed by atoms with Crippen LogP contribution in [-0.4, -0.2) is 7.05 Å². The Morgan fingerprint density at radius 3 is 1.90 bits per heavy atom. The number of rotatable bonds is 1. The first-order valence-corrected chi connectivity index (χ1v) is 10.1. The van der Waals surface area contributed by atoms with Crippen LogP contribution in [0.5, 0.6) is 0 Å². The van der Waals surface area contributed by atoms with Gasteiger partial charge in [-0.3, -0.25) is 0 Å². The normalized spacial score (nSPS) is 14.3. The van der Waals surface area contributed by atoms with Crippen LogP contribution in [0.15, 0.2) is 84.9 Å². The standard InChI is InChI=1S/C27H22N2/c1-17-14-15-20-21-10-7-13-25(29(2)28)26(21)27(24(20)16-17)22-11-5-3-8-18(22)19-9-4-6-12-23(19)27/h3-16H,28H2,1-2H3. The van der Waals surface area contributed by atoms with E-state index in [0.29, 0.717) is 0 Å². The second-order valence-corrected chi connectivity index (χ2v) is 8.20. The van der Waals surface area contributed by atoms with Gasteiger partial charge in [0.15, 0.2) is 0 Å². The van der Waals surface area contributed by atoms with Crippen molar-refractivity contribution in [3.8, 4) is 22.3 Å². The summed E-state index contributed by atoms with van der Waals surface area (Å²) in [6, 6.07) is 31.1. The van der Waals surface area contributed by atoms with Gasteiger partial charge >= 0.3 is 0 Å². The maximum absolute atomic E-state index is 6.38. The van der Waals surface area contributed by atoms with E-state index in [1.54, 1.807) is 5.01 Å². The molecule has 2 heteroatoms. The lowest BCUT2D eigenvalue weighted by atomic mass is 9.70. The number of nitrogens with zero attached hydrogens (tertiary/aromatic N) is 1. The maximum atomic E-state index is 6.38. The minimum Gasteiger partial charge on any atom is -0.314 e. The Hall–Kier alpha value is -3.36. The molecule has 0 fully saturated rings. The van der Waals surface area contributed by atoms with Gasteiger partial charge in [0.25, 0.3) is 0 Å². The van der Waals surface area contributed by atoms with Crippen molar-refractivity contribution in [3.05, 3.63) is 113 Å². The van der Waals surface area contributed by atoms with Crippen LogP contribution in [-0.2, 0) is 5.41 Å². The van der Waals surface area contributed by atoms with E-state index < -0.39 is 0 Å². The van der Waals surface area contributed by atoms with Gasteiger partial charge in [-0.1, -0.05) is 84.4 Å². The molecule has 0 aliphatic heterocycles. The first-order valence-electron chi connectivity index (χ1n) is 10.1. The molecule has 2 N–H and O–H groups in total. The van der Waals surface area contributed by atoms with Crippen LogP contribution in [0.3, 0.4) is 0 Å². The van der Waals surface area contributed by atoms with Gasteiger partial charge < -0.3 is 5.01 Å². The predicted molar refractivity (Wildman–Crippen MR) is 120 cm³/mol. The Bertz CT molecular complexity index is 1250. The number of anilines is 1. The van der Waals surface area contributed by atoms with Gasteiger partial charge in [-0.15, -0.1) is 0 Å². The lowest BCUT2D eigenvalue weighted by Gasteiger charge is -2.33. The second kappa shape index (κ2) is 5.59. The van der Waals surface area contributed by atoms with Crippen molar-refractivity contribution in [2.75, 3.05) is 12.1 Å². The highest BCUT2D eigenvalue weighted by atomic mass is 15.4. The summed E-state index contributed by atoms with van der Waals surface area (Å²) in [6.45, 7) is 2.18. The number of fused-ring (bicyclic) bond motifs is 10. The van der Waals surface area contributed by atoms with Gasteiger partial charge in [-0.05, 0) is 51.9 Å². The third kappa shape index (κ3) is 1.89. The Kier molecular flexibility index (Phi) is 3.20. The van der Waals surface area contributed by atoms with E-state index in [0.717, 1.165) is 5.69 Å². The fourth-order valence-electron chi connectivity index (χ4n) is 5.59. The van der Waals surface area contributed by atoms with E-state index in [2.05, 4.69) is 91.9 Å². The molecule has 29 heavy (non-hydrogen) atoms. The van der Waals surface area contributed by atoms with Crippen LogP contribution in [0.4, 0.5) is 5.69 Å². The smallest absolute Gasteiger partial charge is 0.0746 e. The zero-order valence-electron chi connectivity index (χ0n) is 16.6. The molecule has 4 aromatic rings. The average molecular weight is 374 g/mol. The van der Waals surface area contributed by atoms with E-state index in [-0.39, 0.29) is 5.41 Å². The SMILES string of the molecule is Cc1ccc2c(c1)C1(c3ccccc3-c3ccccc31)c1c-2cccc1N(C)N. The second-order valence-electron chi connectivity index (χ2n) is 8.20. The molecule has 6 rings (SSSR count). The summed E-state index contributed by atoms with van der Waals surface area (Å²) < 4.78 is 0. The molecule has 0 saturated heterocycles. The summed E-state index contributed by atoms with van der Waals surface area (Å²) in [6.07, 6.45) is 0. The summed E-state index contributed by atoms with van der Waals surface area (Å²) in [5.74, 6) is 6.38. The summed E-state index contributed by atoms with van der Waals surface area (Å²) in [5.41, 5.74) is 12.6. The van der Waals surface area contributed by atoms with Crippen molar-refractivity contribution in [1.82, 2.24) is 0 Å². The Labute approximate surface area is 171 Å². The van der Waals surface area contributed by atoms with Crippen molar-refractivity contribution in [2.45, 2.75) is 12.3 Å².